The standard InChI is InChI=1S/C33H44ClN3O4S.C9H20N2/c1-6-7-16-32(4,40-5)26-12-10-24(26)19-37-20-33(17-8-9-23-18-25(34)11-13-27(23)33)21-41-29-15-14-28(35-30(29)37)31(38)36-42(39)22(2)3;1-9(2,3)11-7-5-10(4)6-8-11/h7,11,13-16,18,22,24,26H,6,8-10,12,17,19-21H2,1-5H3,(H,36,38);5-8H2,1-4H3/b16-7+;/t24?,26?,32-,33-,42?;/m0./s1. The first-order valence-corrected chi connectivity index (χ1v) is 21.2. The van der Waals surface area contributed by atoms with E-state index in [1.54, 1.807) is 13.2 Å². The Bertz CT molecular complexity index is 1620. The highest BCUT2D eigenvalue weighted by Gasteiger charge is 2.47. The Morgan fingerprint density at radius 2 is 1.89 bits per heavy atom. The van der Waals surface area contributed by atoms with Crippen LogP contribution in [0.4, 0.5) is 5.82 Å². The summed E-state index contributed by atoms with van der Waals surface area (Å²) in [6.07, 6.45) is 10.6. The number of rotatable bonds is 9. The van der Waals surface area contributed by atoms with Crippen molar-refractivity contribution in [2.24, 2.45) is 11.8 Å². The molecule has 9 nitrogen and oxygen atoms in total. The molecule has 0 radical (unpaired) electrons. The first-order chi connectivity index (χ1) is 25.1. The van der Waals surface area contributed by atoms with Crippen LogP contribution in [0, 0.1) is 11.8 Å². The van der Waals surface area contributed by atoms with Crippen LogP contribution in [0.25, 0.3) is 0 Å². The number of aromatic nitrogens is 1. The van der Waals surface area contributed by atoms with Gasteiger partial charge in [-0.25, -0.2) is 9.19 Å². The lowest BCUT2D eigenvalue weighted by atomic mass is 9.64. The Balaban J connectivity index is 0.000000422. The number of nitrogens with zero attached hydrogens (tertiary/aromatic N) is 4. The van der Waals surface area contributed by atoms with E-state index in [4.69, 9.17) is 26.1 Å². The molecule has 1 spiro atoms. The highest BCUT2D eigenvalue weighted by Crippen LogP contribution is 2.48. The molecule has 3 unspecified atom stereocenters. The zero-order chi connectivity index (χ0) is 38.6. The third-order valence-corrected chi connectivity index (χ3v) is 13.4. The fourth-order valence-electron chi connectivity index (χ4n) is 8.37. The third-order valence-electron chi connectivity index (χ3n) is 11.9. The normalized spacial score (nSPS) is 25.3. The number of hydrogen-bond donors (Lipinski definition) is 1. The van der Waals surface area contributed by atoms with Crippen LogP contribution in [0.5, 0.6) is 5.75 Å². The van der Waals surface area contributed by atoms with E-state index in [0.29, 0.717) is 35.5 Å². The zero-order valence-corrected chi connectivity index (χ0v) is 35.2. The van der Waals surface area contributed by atoms with Crippen molar-refractivity contribution in [3.05, 3.63) is 64.3 Å². The number of methoxy groups -OCH3 is 1. The van der Waals surface area contributed by atoms with Crippen molar-refractivity contribution in [2.45, 2.75) is 109 Å². The van der Waals surface area contributed by atoms with Crippen LogP contribution in [0.15, 0.2) is 42.5 Å². The van der Waals surface area contributed by atoms with Crippen molar-refractivity contribution in [3.8, 4) is 5.75 Å². The molecular weight excluding hydrogens is 706 g/mol. The second-order valence-corrected chi connectivity index (χ2v) is 19.2. The van der Waals surface area contributed by atoms with Crippen molar-refractivity contribution < 1.29 is 18.5 Å². The van der Waals surface area contributed by atoms with Gasteiger partial charge in [-0.05, 0) is 134 Å². The molecule has 4 aliphatic rings. The number of piperazine rings is 1. The molecule has 11 heteroatoms. The Kier molecular flexibility index (Phi) is 13.8. The number of benzene rings is 1. The minimum absolute atomic E-state index is 0.193. The van der Waals surface area contributed by atoms with E-state index >= 15 is 0 Å². The topological polar surface area (TPSA) is 87.2 Å². The Labute approximate surface area is 326 Å². The molecule has 2 aromatic rings. The van der Waals surface area contributed by atoms with E-state index in [9.17, 15) is 9.00 Å². The molecule has 6 rings (SSSR count). The number of allylic oxidation sites excluding steroid dienone is 1. The minimum atomic E-state index is -1.49. The lowest BCUT2D eigenvalue weighted by molar-refractivity contribution is -0.0621. The molecule has 2 aliphatic carbocycles. The molecule has 1 amide bonds. The molecule has 3 heterocycles. The largest absolute Gasteiger partial charge is 0.489 e. The number of amides is 1. The van der Waals surface area contributed by atoms with Gasteiger partial charge < -0.3 is 19.3 Å². The van der Waals surface area contributed by atoms with Gasteiger partial charge in [0.1, 0.15) is 16.7 Å². The molecule has 0 bridgehead atoms. The number of aryl methyl sites for hydroxylation is 1. The van der Waals surface area contributed by atoms with Crippen LogP contribution in [-0.2, 0) is 27.6 Å². The third kappa shape index (κ3) is 9.85. The summed E-state index contributed by atoms with van der Waals surface area (Å²) in [6, 6.07) is 9.76. The summed E-state index contributed by atoms with van der Waals surface area (Å²) in [5, 5.41) is 0.564. The number of likely N-dealkylation sites (N-methyl/N-ethyl adjacent to an activating group) is 1. The highest BCUT2D eigenvalue weighted by atomic mass is 35.5. The SMILES string of the molecule is CC/C=C/[C@](C)(OC)C1CCC1CN1C[C@@]2(CCCc3cc(Cl)ccc32)COc2ccc(C(=O)NS(=O)C(C)C)nc21.CN1CCN(C(C)(C)C)CC1. The number of fused-ring (bicyclic) bond motifs is 3. The average Bonchev–Trinajstić information content (AvgIpc) is 3.25. The maximum Gasteiger partial charge on any atom is 0.281 e. The molecule has 2 aliphatic heterocycles. The predicted octanol–water partition coefficient (Wildman–Crippen LogP) is 7.44. The summed E-state index contributed by atoms with van der Waals surface area (Å²) in [5.74, 6) is 1.65. The van der Waals surface area contributed by atoms with Crippen LogP contribution >= 0.6 is 11.6 Å². The molecule has 1 saturated heterocycles. The Hall–Kier alpha value is -2.50. The van der Waals surface area contributed by atoms with E-state index in [0.717, 1.165) is 56.6 Å². The zero-order valence-electron chi connectivity index (χ0n) is 33.7. The van der Waals surface area contributed by atoms with Crippen LogP contribution in [-0.4, -0.2) is 101 Å². The molecule has 1 N–H and O–H groups in total. The lowest BCUT2D eigenvalue weighted by Gasteiger charge is -2.49. The van der Waals surface area contributed by atoms with Crippen molar-refractivity contribution in [1.29, 1.82) is 0 Å². The number of carbonyl (C=O) groups is 1. The quantitative estimate of drug-likeness (QED) is 0.264. The fourth-order valence-corrected chi connectivity index (χ4v) is 9.08. The summed E-state index contributed by atoms with van der Waals surface area (Å²) in [4.78, 5) is 25.2. The van der Waals surface area contributed by atoms with Gasteiger partial charge in [-0.1, -0.05) is 36.7 Å². The van der Waals surface area contributed by atoms with Gasteiger partial charge in [0, 0.05) is 67.6 Å². The Morgan fingerprint density at radius 1 is 1.15 bits per heavy atom. The molecular formula is C42H64ClN5O4S. The molecule has 1 aromatic heterocycles. The molecule has 1 aromatic carbocycles. The van der Waals surface area contributed by atoms with Crippen molar-refractivity contribution >= 4 is 34.3 Å². The fraction of sp³-hybridized carbons (Fsp3) is 0.667. The Morgan fingerprint density at radius 3 is 2.51 bits per heavy atom. The lowest BCUT2D eigenvalue weighted by Crippen LogP contribution is -2.52. The average molecular weight is 771 g/mol. The predicted molar refractivity (Wildman–Crippen MR) is 219 cm³/mol. The van der Waals surface area contributed by atoms with E-state index in [2.05, 4.69) is 85.4 Å². The van der Waals surface area contributed by atoms with E-state index in [-0.39, 0.29) is 22.0 Å². The van der Waals surface area contributed by atoms with Crippen LogP contribution in [0.1, 0.15) is 102 Å². The number of pyridine rings is 1. The molecule has 1 saturated carbocycles. The molecule has 53 heavy (non-hydrogen) atoms. The number of hydrogen-bond acceptors (Lipinski definition) is 8. The minimum Gasteiger partial charge on any atom is -0.489 e. The monoisotopic (exact) mass is 769 g/mol. The summed E-state index contributed by atoms with van der Waals surface area (Å²) < 4.78 is 27.6. The summed E-state index contributed by atoms with van der Waals surface area (Å²) in [7, 11) is 2.51. The van der Waals surface area contributed by atoms with Gasteiger partial charge in [-0.2, -0.15) is 0 Å². The second kappa shape index (κ2) is 17.5. The number of carbonyl (C=O) groups excluding carboxylic acids is 1. The van der Waals surface area contributed by atoms with E-state index in [1.165, 1.54) is 37.3 Å². The van der Waals surface area contributed by atoms with Gasteiger partial charge in [0.15, 0.2) is 11.6 Å². The first kappa shape index (κ1) is 41.7. The van der Waals surface area contributed by atoms with Gasteiger partial charge in [-0.3, -0.25) is 14.4 Å². The van der Waals surface area contributed by atoms with E-state index < -0.39 is 16.9 Å². The maximum atomic E-state index is 13.1. The summed E-state index contributed by atoms with van der Waals surface area (Å²) in [5.41, 5.74) is 2.60. The van der Waals surface area contributed by atoms with Crippen molar-refractivity contribution in [1.82, 2.24) is 19.5 Å². The molecule has 2 fully saturated rings. The van der Waals surface area contributed by atoms with Gasteiger partial charge in [0.05, 0.1) is 12.2 Å². The highest BCUT2D eigenvalue weighted by molar-refractivity contribution is 7.84. The van der Waals surface area contributed by atoms with Crippen LogP contribution < -0.4 is 14.4 Å². The van der Waals surface area contributed by atoms with E-state index in [1.807, 2.05) is 26.0 Å². The van der Waals surface area contributed by atoms with Gasteiger partial charge in [0.25, 0.3) is 5.91 Å². The smallest absolute Gasteiger partial charge is 0.281 e. The number of halogens is 1. The number of anilines is 1. The second-order valence-electron chi connectivity index (χ2n) is 17.0. The van der Waals surface area contributed by atoms with Gasteiger partial charge in [-0.15, -0.1) is 0 Å². The molecule has 5 atom stereocenters. The molecule has 294 valence electrons. The number of ether oxygens (including phenoxy) is 2. The van der Waals surface area contributed by atoms with Crippen LogP contribution in [0.3, 0.4) is 0 Å². The van der Waals surface area contributed by atoms with Crippen molar-refractivity contribution in [3.63, 3.8) is 0 Å². The summed E-state index contributed by atoms with van der Waals surface area (Å²) >= 11 is 6.42. The van der Waals surface area contributed by atoms with Crippen molar-refractivity contribution in [2.75, 3.05) is 64.9 Å². The van der Waals surface area contributed by atoms with Gasteiger partial charge in [0.2, 0.25) is 0 Å². The van der Waals surface area contributed by atoms with Crippen LogP contribution in [0.2, 0.25) is 5.02 Å². The number of nitrogens with one attached hydrogen (secondary N) is 1. The first-order valence-electron chi connectivity index (χ1n) is 19.6. The van der Waals surface area contributed by atoms with Gasteiger partial charge >= 0.3 is 0 Å². The maximum absolute atomic E-state index is 13.1. The summed E-state index contributed by atoms with van der Waals surface area (Å²) in [6.45, 7) is 21.7.